The van der Waals surface area contributed by atoms with E-state index in [2.05, 4.69) is 5.10 Å². The Labute approximate surface area is 116 Å². The third-order valence-electron chi connectivity index (χ3n) is 3.21. The molecule has 0 bridgehead atoms. The number of fused-ring (bicyclic) bond motifs is 1. The van der Waals surface area contributed by atoms with Crippen LogP contribution in [0.15, 0.2) is 17.2 Å². The first-order valence-electron chi connectivity index (χ1n) is 6.30. The molecule has 20 heavy (non-hydrogen) atoms. The summed E-state index contributed by atoms with van der Waals surface area (Å²) in [6.07, 6.45) is 2.98. The number of benzene rings is 1. The van der Waals surface area contributed by atoms with Gasteiger partial charge in [0.25, 0.3) is 0 Å². The monoisotopic (exact) mass is 280 g/mol. The molecule has 6 nitrogen and oxygen atoms in total. The van der Waals surface area contributed by atoms with Gasteiger partial charge in [0.15, 0.2) is 0 Å². The lowest BCUT2D eigenvalue weighted by Gasteiger charge is -2.13. The zero-order valence-corrected chi connectivity index (χ0v) is 11.0. The zero-order chi connectivity index (χ0) is 14.5. The zero-order valence-electron chi connectivity index (χ0n) is 11.0. The fourth-order valence-electron chi connectivity index (χ4n) is 2.27. The highest BCUT2D eigenvalue weighted by Crippen LogP contribution is 2.31. The molecule has 0 aromatic heterocycles. The van der Waals surface area contributed by atoms with Crippen LogP contribution in [0.5, 0.6) is 5.75 Å². The molecule has 1 aromatic carbocycles. The van der Waals surface area contributed by atoms with Gasteiger partial charge in [0, 0.05) is 12.0 Å². The molecule has 4 N–H and O–H groups in total. The Morgan fingerprint density at radius 3 is 3.00 bits per heavy atom. The summed E-state index contributed by atoms with van der Waals surface area (Å²) in [6.45, 7) is 0.576. The van der Waals surface area contributed by atoms with Crippen LogP contribution in [-0.2, 0) is 17.6 Å². The minimum absolute atomic E-state index is 0.131. The number of hydrogen-bond acceptors (Lipinski definition) is 5. The van der Waals surface area contributed by atoms with Crippen LogP contribution in [0.3, 0.4) is 0 Å². The molecular weight excluding hydrogens is 263 g/mol. The topological polar surface area (TPSA) is 93.9 Å². The summed E-state index contributed by atoms with van der Waals surface area (Å²) in [4.78, 5) is 10.8. The number of hydrogen-bond donors (Lipinski definition) is 2. The lowest BCUT2D eigenvalue weighted by Crippen LogP contribution is -2.30. The molecule has 0 fully saturated rings. The Balaban J connectivity index is 1.98. The molecule has 0 saturated heterocycles. The first-order chi connectivity index (χ1) is 9.63. The summed E-state index contributed by atoms with van der Waals surface area (Å²) in [5.74, 6) is 5.44. The molecule has 1 aromatic rings. The Bertz CT molecular complexity index is 521. The van der Waals surface area contributed by atoms with Crippen LogP contribution in [0.2, 0.25) is 0 Å². The number of hydrazone groups is 1. The average molecular weight is 280 g/mol. The third-order valence-corrected chi connectivity index (χ3v) is 3.21. The fourth-order valence-corrected chi connectivity index (χ4v) is 2.27. The molecule has 0 aliphatic heterocycles. The molecular formula is C13H17FN4O2. The van der Waals surface area contributed by atoms with E-state index in [4.69, 9.17) is 16.3 Å². The second-order valence-corrected chi connectivity index (χ2v) is 4.62. The van der Waals surface area contributed by atoms with E-state index in [1.807, 2.05) is 0 Å². The maximum absolute atomic E-state index is 13.9. The van der Waals surface area contributed by atoms with E-state index in [1.54, 1.807) is 6.07 Å². The molecule has 0 saturated carbocycles. The Morgan fingerprint density at radius 1 is 1.50 bits per heavy atom. The standard InChI is InChI=1S/C13H17FN4O2/c14-13-6-11(20-2-1-18(16)17-8-15)5-10-3-9(7-19)4-12(10)13/h5-9H,1-4,16H2,(H2,15,17). The molecule has 1 atom stereocenters. The second kappa shape index (κ2) is 6.33. The molecule has 1 unspecified atom stereocenters. The smallest absolute Gasteiger partial charge is 0.130 e. The van der Waals surface area contributed by atoms with Gasteiger partial charge in [-0.1, -0.05) is 0 Å². The summed E-state index contributed by atoms with van der Waals surface area (Å²) < 4.78 is 19.3. The molecule has 0 heterocycles. The maximum atomic E-state index is 13.9. The minimum Gasteiger partial charge on any atom is -0.491 e. The maximum Gasteiger partial charge on any atom is 0.130 e. The number of nitrogens with zero attached hydrogens (tertiary/aromatic N) is 2. The van der Waals surface area contributed by atoms with Crippen LogP contribution in [0.25, 0.3) is 0 Å². The van der Waals surface area contributed by atoms with E-state index in [0.717, 1.165) is 23.3 Å². The van der Waals surface area contributed by atoms with E-state index < -0.39 is 0 Å². The number of rotatable bonds is 6. The van der Waals surface area contributed by atoms with Gasteiger partial charge in [-0.3, -0.25) is 0 Å². The Hall–Kier alpha value is -2.15. The van der Waals surface area contributed by atoms with Gasteiger partial charge in [0.1, 0.15) is 30.8 Å². The van der Waals surface area contributed by atoms with Gasteiger partial charge >= 0.3 is 0 Å². The summed E-state index contributed by atoms with van der Waals surface area (Å²) >= 11 is 0. The van der Waals surface area contributed by atoms with Crippen molar-refractivity contribution < 1.29 is 13.9 Å². The van der Waals surface area contributed by atoms with Crippen LogP contribution in [-0.4, -0.2) is 30.9 Å². The van der Waals surface area contributed by atoms with Crippen molar-refractivity contribution in [1.82, 2.24) is 5.12 Å². The molecule has 0 amide bonds. The Morgan fingerprint density at radius 2 is 2.30 bits per heavy atom. The predicted octanol–water partition coefficient (Wildman–Crippen LogP) is 0.196. The average Bonchev–Trinajstić information content (AvgIpc) is 2.83. The van der Waals surface area contributed by atoms with E-state index >= 15 is 0 Å². The number of ether oxygens (including phenoxy) is 1. The van der Waals surface area contributed by atoms with Gasteiger partial charge in [-0.05, 0) is 30.0 Å². The molecule has 7 heteroatoms. The van der Waals surface area contributed by atoms with E-state index in [9.17, 15) is 9.18 Å². The van der Waals surface area contributed by atoms with Crippen molar-refractivity contribution in [2.45, 2.75) is 12.8 Å². The van der Waals surface area contributed by atoms with Crippen LogP contribution in [0.1, 0.15) is 11.1 Å². The van der Waals surface area contributed by atoms with Gasteiger partial charge in [-0.2, -0.15) is 5.10 Å². The van der Waals surface area contributed by atoms with Crippen molar-refractivity contribution >= 4 is 12.6 Å². The summed E-state index contributed by atoms with van der Waals surface area (Å²) in [5.41, 5.74) is 6.54. The number of aldehydes is 1. The second-order valence-electron chi connectivity index (χ2n) is 4.62. The molecule has 1 aliphatic carbocycles. The van der Waals surface area contributed by atoms with Gasteiger partial charge in [0.2, 0.25) is 0 Å². The van der Waals surface area contributed by atoms with Crippen molar-refractivity contribution in [2.24, 2.45) is 22.6 Å². The fraction of sp³-hybridized carbons (Fsp3) is 0.385. The van der Waals surface area contributed by atoms with Crippen LogP contribution < -0.4 is 16.3 Å². The SMILES string of the molecule is N/C=N\N(N)CCOc1cc(F)c2c(c1)CC(C=O)C2. The predicted molar refractivity (Wildman–Crippen MR) is 72.4 cm³/mol. The van der Waals surface area contributed by atoms with Crippen molar-refractivity contribution in [3.63, 3.8) is 0 Å². The normalized spacial score (nSPS) is 17.2. The highest BCUT2D eigenvalue weighted by atomic mass is 19.1. The molecule has 0 spiro atoms. The molecule has 2 rings (SSSR count). The van der Waals surface area contributed by atoms with Crippen molar-refractivity contribution in [1.29, 1.82) is 0 Å². The number of hydrazine groups is 1. The largest absolute Gasteiger partial charge is 0.491 e. The van der Waals surface area contributed by atoms with E-state index in [1.165, 1.54) is 6.07 Å². The van der Waals surface area contributed by atoms with Crippen LogP contribution in [0.4, 0.5) is 4.39 Å². The van der Waals surface area contributed by atoms with E-state index in [-0.39, 0.29) is 18.3 Å². The van der Waals surface area contributed by atoms with Crippen molar-refractivity contribution in [2.75, 3.05) is 13.2 Å². The van der Waals surface area contributed by atoms with Gasteiger partial charge in [-0.25, -0.2) is 15.4 Å². The highest BCUT2D eigenvalue weighted by Gasteiger charge is 2.24. The highest BCUT2D eigenvalue weighted by molar-refractivity contribution is 5.59. The first-order valence-corrected chi connectivity index (χ1v) is 6.30. The van der Waals surface area contributed by atoms with Crippen LogP contribution >= 0.6 is 0 Å². The Kier molecular flexibility index (Phi) is 4.52. The summed E-state index contributed by atoms with van der Waals surface area (Å²) in [7, 11) is 0. The van der Waals surface area contributed by atoms with Crippen LogP contribution in [0, 0.1) is 11.7 Å². The van der Waals surface area contributed by atoms with Crippen molar-refractivity contribution in [3.05, 3.63) is 29.1 Å². The molecule has 1 aliphatic rings. The lowest BCUT2D eigenvalue weighted by molar-refractivity contribution is -0.110. The minimum atomic E-state index is -0.327. The van der Waals surface area contributed by atoms with E-state index in [0.29, 0.717) is 30.7 Å². The van der Waals surface area contributed by atoms with Crippen molar-refractivity contribution in [3.8, 4) is 5.75 Å². The lowest BCUT2D eigenvalue weighted by atomic mass is 10.1. The number of carbonyl (C=O) groups is 1. The number of carbonyl (C=O) groups excluding carboxylic acids is 1. The number of halogens is 1. The quantitative estimate of drug-likeness (QED) is 0.255. The van der Waals surface area contributed by atoms with Gasteiger partial charge < -0.3 is 15.3 Å². The summed E-state index contributed by atoms with van der Waals surface area (Å²) in [6, 6.07) is 3.11. The summed E-state index contributed by atoms with van der Waals surface area (Å²) in [5, 5.41) is 4.75. The third kappa shape index (κ3) is 3.24. The van der Waals surface area contributed by atoms with Gasteiger partial charge in [-0.15, -0.1) is 0 Å². The molecule has 0 radical (unpaired) electrons. The first kappa shape index (κ1) is 14.3. The molecule has 108 valence electrons. The van der Waals surface area contributed by atoms with Gasteiger partial charge in [0.05, 0.1) is 6.54 Å². The number of nitrogens with two attached hydrogens (primary N) is 2.